The number of hydrogen-bond donors (Lipinski definition) is 0. The lowest BCUT2D eigenvalue weighted by molar-refractivity contribution is -0.383. The second-order valence-corrected chi connectivity index (χ2v) is 7.54. The van der Waals surface area contributed by atoms with E-state index in [0.717, 1.165) is 12.0 Å². The van der Waals surface area contributed by atoms with Crippen molar-refractivity contribution < 1.29 is 14.1 Å². The summed E-state index contributed by atoms with van der Waals surface area (Å²) in [4.78, 5) is 37.8. The smallest absolute Gasteiger partial charge is 0.353 e. The number of aromatic nitrogens is 2. The van der Waals surface area contributed by atoms with Gasteiger partial charge in [0.15, 0.2) is 5.76 Å². The van der Waals surface area contributed by atoms with Gasteiger partial charge in [0.25, 0.3) is 5.91 Å². The van der Waals surface area contributed by atoms with E-state index in [2.05, 4.69) is 9.97 Å². The molecule has 0 unspecified atom stereocenters. The minimum Gasteiger partial charge on any atom is -0.459 e. The van der Waals surface area contributed by atoms with Crippen LogP contribution in [0.3, 0.4) is 0 Å². The highest BCUT2D eigenvalue weighted by molar-refractivity contribution is 5.91. The van der Waals surface area contributed by atoms with Crippen molar-refractivity contribution in [2.75, 3.05) is 49.6 Å². The summed E-state index contributed by atoms with van der Waals surface area (Å²) < 4.78 is 5.19. The van der Waals surface area contributed by atoms with Gasteiger partial charge < -0.3 is 19.1 Å². The maximum absolute atomic E-state index is 12.5. The number of nitrogens with zero attached hydrogens (tertiary/aromatic N) is 6. The summed E-state index contributed by atoms with van der Waals surface area (Å²) in [5.41, 5.74) is 1.03. The van der Waals surface area contributed by atoms with Crippen LogP contribution in [0.25, 0.3) is 0 Å². The summed E-state index contributed by atoms with van der Waals surface area (Å²) in [7, 11) is 1.79. The highest BCUT2D eigenvalue weighted by Gasteiger charge is 2.32. The fourth-order valence-corrected chi connectivity index (χ4v) is 3.76. The molecule has 0 atom stereocenters. The number of anilines is 2. The number of piperazine rings is 1. The van der Waals surface area contributed by atoms with Crippen LogP contribution in [0, 0.1) is 10.1 Å². The largest absolute Gasteiger partial charge is 0.459 e. The summed E-state index contributed by atoms with van der Waals surface area (Å²) in [6, 6.07) is 13.2. The van der Waals surface area contributed by atoms with Gasteiger partial charge in [-0.05, 0) is 24.1 Å². The Balaban J connectivity index is 1.48. The Kier molecular flexibility index (Phi) is 6.29. The highest BCUT2D eigenvalue weighted by atomic mass is 16.6. The third kappa shape index (κ3) is 4.53. The van der Waals surface area contributed by atoms with Gasteiger partial charge in [-0.15, -0.1) is 0 Å². The molecule has 1 amide bonds. The van der Waals surface area contributed by atoms with Gasteiger partial charge in [0.2, 0.25) is 11.6 Å². The van der Waals surface area contributed by atoms with Gasteiger partial charge in [0.05, 0.1) is 11.2 Å². The predicted octanol–water partition coefficient (Wildman–Crippen LogP) is 2.62. The maximum atomic E-state index is 12.5. The van der Waals surface area contributed by atoms with E-state index in [9.17, 15) is 14.9 Å². The van der Waals surface area contributed by atoms with Crippen LogP contribution in [-0.2, 0) is 6.42 Å². The van der Waals surface area contributed by atoms with Crippen molar-refractivity contribution in [1.29, 1.82) is 0 Å². The molecule has 0 saturated carbocycles. The summed E-state index contributed by atoms with van der Waals surface area (Å²) >= 11 is 0. The first kappa shape index (κ1) is 21.3. The first-order valence-corrected chi connectivity index (χ1v) is 10.4. The second kappa shape index (κ2) is 9.46. The number of benzene rings is 1. The molecule has 1 fully saturated rings. The predicted molar refractivity (Wildman–Crippen MR) is 119 cm³/mol. The van der Waals surface area contributed by atoms with Gasteiger partial charge in [-0.1, -0.05) is 30.3 Å². The van der Waals surface area contributed by atoms with E-state index < -0.39 is 4.92 Å². The van der Waals surface area contributed by atoms with Crippen molar-refractivity contribution >= 4 is 23.2 Å². The zero-order valence-corrected chi connectivity index (χ0v) is 17.8. The van der Waals surface area contributed by atoms with Gasteiger partial charge >= 0.3 is 5.69 Å². The molecule has 10 nitrogen and oxygen atoms in total. The van der Waals surface area contributed by atoms with Crippen molar-refractivity contribution in [2.45, 2.75) is 6.42 Å². The topological polar surface area (TPSA) is 109 Å². The molecule has 0 bridgehead atoms. The lowest BCUT2D eigenvalue weighted by Crippen LogP contribution is -2.49. The molecule has 32 heavy (non-hydrogen) atoms. The highest BCUT2D eigenvalue weighted by Crippen LogP contribution is 2.34. The van der Waals surface area contributed by atoms with E-state index in [4.69, 9.17) is 4.42 Å². The van der Waals surface area contributed by atoms with Crippen molar-refractivity contribution in [1.82, 2.24) is 14.9 Å². The number of amides is 1. The summed E-state index contributed by atoms with van der Waals surface area (Å²) in [6.45, 7) is 2.27. The average Bonchev–Trinajstić information content (AvgIpc) is 3.37. The molecule has 1 saturated heterocycles. The van der Waals surface area contributed by atoms with Gasteiger partial charge in [-0.3, -0.25) is 14.9 Å². The van der Waals surface area contributed by atoms with E-state index in [0.29, 0.717) is 32.7 Å². The molecule has 10 heteroatoms. The zero-order chi connectivity index (χ0) is 22.5. The Bertz CT molecular complexity index is 1070. The molecule has 1 aliphatic rings. The molecule has 0 spiro atoms. The van der Waals surface area contributed by atoms with E-state index in [1.165, 1.54) is 12.6 Å². The minimum atomic E-state index is -0.427. The number of carbonyl (C=O) groups is 1. The Labute approximate surface area is 185 Å². The van der Waals surface area contributed by atoms with Gasteiger partial charge in [0, 0.05) is 39.8 Å². The lowest BCUT2D eigenvalue weighted by atomic mass is 10.1. The molecule has 1 aliphatic heterocycles. The molecule has 0 aliphatic carbocycles. The van der Waals surface area contributed by atoms with Crippen LogP contribution in [0.5, 0.6) is 0 Å². The zero-order valence-electron chi connectivity index (χ0n) is 17.8. The number of carbonyl (C=O) groups excluding carboxylic acids is 1. The molecule has 3 aromatic rings. The Morgan fingerprint density at radius 2 is 1.88 bits per heavy atom. The number of furan rings is 1. The molecular weight excluding hydrogens is 412 g/mol. The molecule has 3 heterocycles. The van der Waals surface area contributed by atoms with Crippen LogP contribution in [0.4, 0.5) is 17.3 Å². The summed E-state index contributed by atoms with van der Waals surface area (Å²) in [5, 5.41) is 12.0. The summed E-state index contributed by atoms with van der Waals surface area (Å²) in [5.74, 6) is 0.656. The molecule has 2 aromatic heterocycles. The van der Waals surface area contributed by atoms with Gasteiger partial charge in [0.1, 0.15) is 6.33 Å². The molecule has 0 radical (unpaired) electrons. The van der Waals surface area contributed by atoms with Crippen LogP contribution < -0.4 is 9.80 Å². The van der Waals surface area contributed by atoms with E-state index in [-0.39, 0.29) is 29.0 Å². The average molecular weight is 436 g/mol. The molecule has 1 aromatic carbocycles. The lowest BCUT2D eigenvalue weighted by Gasteiger charge is -2.34. The van der Waals surface area contributed by atoms with Crippen LogP contribution in [0.2, 0.25) is 0 Å². The van der Waals surface area contributed by atoms with Crippen molar-refractivity contribution in [3.05, 3.63) is 76.5 Å². The monoisotopic (exact) mass is 436 g/mol. The van der Waals surface area contributed by atoms with Gasteiger partial charge in [-0.25, -0.2) is 9.97 Å². The molecule has 4 rings (SSSR count). The third-order valence-electron chi connectivity index (χ3n) is 5.50. The number of rotatable bonds is 7. The quantitative estimate of drug-likeness (QED) is 0.411. The van der Waals surface area contributed by atoms with Crippen LogP contribution in [-0.4, -0.2) is 65.5 Å². The fraction of sp³-hybridized carbons (Fsp3) is 0.318. The first-order chi connectivity index (χ1) is 15.5. The Hall–Kier alpha value is -3.95. The van der Waals surface area contributed by atoms with Crippen LogP contribution in [0.1, 0.15) is 16.1 Å². The normalized spacial score (nSPS) is 13.8. The number of hydrogen-bond acceptors (Lipinski definition) is 8. The molecule has 0 N–H and O–H groups in total. The second-order valence-electron chi connectivity index (χ2n) is 7.54. The van der Waals surface area contributed by atoms with Crippen molar-refractivity contribution in [2.24, 2.45) is 0 Å². The number of nitro groups is 1. The summed E-state index contributed by atoms with van der Waals surface area (Å²) in [6.07, 6.45) is 3.56. The Morgan fingerprint density at radius 3 is 2.53 bits per heavy atom. The Morgan fingerprint density at radius 1 is 1.12 bits per heavy atom. The standard InChI is InChI=1S/C22H24N6O4/c1-25(10-9-17-6-3-2-4-7-17)20-19(28(30)31)21(24-16-23-20)26-11-13-27(14-12-26)22(29)18-8-5-15-32-18/h2-8,15-16H,9-14H2,1H3. The number of likely N-dealkylation sites (N-methyl/N-ethyl adjacent to an activating group) is 1. The van der Waals surface area contributed by atoms with Crippen molar-refractivity contribution in [3.63, 3.8) is 0 Å². The van der Waals surface area contributed by atoms with E-state index in [1.807, 2.05) is 35.2 Å². The maximum Gasteiger partial charge on any atom is 0.353 e. The van der Waals surface area contributed by atoms with Crippen LogP contribution >= 0.6 is 0 Å². The first-order valence-electron chi connectivity index (χ1n) is 10.4. The third-order valence-corrected chi connectivity index (χ3v) is 5.50. The van der Waals surface area contributed by atoms with E-state index in [1.54, 1.807) is 29.0 Å². The SMILES string of the molecule is CN(CCc1ccccc1)c1ncnc(N2CCN(C(=O)c3ccco3)CC2)c1[N+](=O)[O-]. The molecular formula is C22H24N6O4. The minimum absolute atomic E-state index is 0.117. The molecule has 166 valence electrons. The van der Waals surface area contributed by atoms with Crippen molar-refractivity contribution in [3.8, 4) is 0 Å². The van der Waals surface area contributed by atoms with Gasteiger partial charge in [-0.2, -0.15) is 0 Å². The van der Waals surface area contributed by atoms with E-state index >= 15 is 0 Å². The van der Waals surface area contributed by atoms with Crippen LogP contribution in [0.15, 0.2) is 59.5 Å². The fourth-order valence-electron chi connectivity index (χ4n) is 3.76.